The SMILES string of the molecule is C=CCNC(=S)Nc1cccc(S(=O)(=O)c2cccc(NC(=S)NCC=C)c2)c1. The summed E-state index contributed by atoms with van der Waals surface area (Å²) in [5.74, 6) is 0. The fourth-order valence-electron chi connectivity index (χ4n) is 2.30. The smallest absolute Gasteiger partial charge is 0.206 e. The van der Waals surface area contributed by atoms with Gasteiger partial charge in [0.25, 0.3) is 0 Å². The number of rotatable bonds is 8. The van der Waals surface area contributed by atoms with Crippen LogP contribution in [0.2, 0.25) is 0 Å². The van der Waals surface area contributed by atoms with Crippen molar-refractivity contribution in [2.24, 2.45) is 0 Å². The number of sulfone groups is 1. The zero-order valence-electron chi connectivity index (χ0n) is 15.6. The van der Waals surface area contributed by atoms with Gasteiger partial charge in [0.1, 0.15) is 0 Å². The van der Waals surface area contributed by atoms with Crippen molar-refractivity contribution >= 4 is 55.9 Å². The lowest BCUT2D eigenvalue weighted by molar-refractivity contribution is 0.596. The summed E-state index contributed by atoms with van der Waals surface area (Å²) < 4.78 is 26.1. The molecule has 0 aliphatic carbocycles. The second kappa shape index (κ2) is 10.7. The summed E-state index contributed by atoms with van der Waals surface area (Å²) in [6.07, 6.45) is 3.35. The molecule has 2 aromatic rings. The molecule has 0 amide bonds. The zero-order chi connectivity index (χ0) is 21.3. The Balaban J connectivity index is 2.22. The van der Waals surface area contributed by atoms with Gasteiger partial charge in [-0.25, -0.2) is 8.42 Å². The molecule has 29 heavy (non-hydrogen) atoms. The van der Waals surface area contributed by atoms with Crippen molar-refractivity contribution < 1.29 is 8.42 Å². The Bertz CT molecular complexity index is 944. The average molecular weight is 447 g/mol. The number of thiocarbonyl (C=S) groups is 2. The maximum atomic E-state index is 13.1. The molecule has 6 nitrogen and oxygen atoms in total. The van der Waals surface area contributed by atoms with Crippen molar-refractivity contribution in [1.29, 1.82) is 0 Å². The van der Waals surface area contributed by atoms with Gasteiger partial charge in [-0.05, 0) is 60.8 Å². The fourth-order valence-corrected chi connectivity index (χ4v) is 4.05. The van der Waals surface area contributed by atoms with E-state index in [0.29, 0.717) is 34.7 Å². The van der Waals surface area contributed by atoms with Gasteiger partial charge in [-0.1, -0.05) is 24.3 Å². The Morgan fingerprint density at radius 3 is 1.62 bits per heavy atom. The van der Waals surface area contributed by atoms with Gasteiger partial charge in [-0.15, -0.1) is 13.2 Å². The molecule has 2 rings (SSSR count). The highest BCUT2D eigenvalue weighted by atomic mass is 32.2. The standard InChI is InChI=1S/C20H22N4O2S3/c1-3-11-21-19(27)23-15-7-5-9-17(13-15)29(25,26)18-10-6-8-16(14-18)24-20(28)22-12-4-2/h3-10,13-14H,1-2,11-12H2,(H2,21,23,27)(H2,22,24,28). The molecule has 152 valence electrons. The van der Waals surface area contributed by atoms with E-state index in [0.717, 1.165) is 0 Å². The Hall–Kier alpha value is -2.75. The molecule has 0 unspecified atom stereocenters. The van der Waals surface area contributed by atoms with Crippen molar-refractivity contribution in [1.82, 2.24) is 10.6 Å². The first-order chi connectivity index (χ1) is 13.9. The van der Waals surface area contributed by atoms with Crippen LogP contribution in [0.25, 0.3) is 0 Å². The van der Waals surface area contributed by atoms with Gasteiger partial charge < -0.3 is 21.3 Å². The van der Waals surface area contributed by atoms with Gasteiger partial charge in [0.05, 0.1) is 9.79 Å². The quantitative estimate of drug-likeness (QED) is 0.363. The summed E-state index contributed by atoms with van der Waals surface area (Å²) >= 11 is 10.3. The van der Waals surface area contributed by atoms with E-state index in [-0.39, 0.29) is 9.79 Å². The molecule has 9 heteroatoms. The van der Waals surface area contributed by atoms with Crippen molar-refractivity contribution in [3.05, 3.63) is 73.8 Å². The lowest BCUT2D eigenvalue weighted by Crippen LogP contribution is -2.28. The second-order valence-electron chi connectivity index (χ2n) is 5.81. The minimum absolute atomic E-state index is 0.151. The monoisotopic (exact) mass is 446 g/mol. The molecule has 0 aliphatic heterocycles. The van der Waals surface area contributed by atoms with Crippen LogP contribution in [-0.2, 0) is 9.84 Å². The number of hydrogen-bond acceptors (Lipinski definition) is 4. The molecule has 4 N–H and O–H groups in total. The Morgan fingerprint density at radius 1 is 0.828 bits per heavy atom. The van der Waals surface area contributed by atoms with E-state index in [1.807, 2.05) is 0 Å². The van der Waals surface area contributed by atoms with Crippen LogP contribution in [0.1, 0.15) is 0 Å². The van der Waals surface area contributed by atoms with E-state index in [2.05, 4.69) is 34.4 Å². The molecule has 0 aliphatic rings. The molecular formula is C20H22N4O2S3. The number of anilines is 2. The average Bonchev–Trinajstić information content (AvgIpc) is 2.71. The Labute approximate surface area is 182 Å². The predicted molar refractivity (Wildman–Crippen MR) is 127 cm³/mol. The number of benzene rings is 2. The van der Waals surface area contributed by atoms with E-state index < -0.39 is 9.84 Å². The van der Waals surface area contributed by atoms with E-state index in [1.165, 1.54) is 24.3 Å². The summed E-state index contributed by atoms with van der Waals surface area (Å²) in [6, 6.07) is 12.9. The first-order valence-electron chi connectivity index (χ1n) is 8.63. The minimum atomic E-state index is -3.73. The third-order valence-electron chi connectivity index (χ3n) is 3.62. The van der Waals surface area contributed by atoms with Crippen LogP contribution in [-0.4, -0.2) is 31.7 Å². The molecule has 0 aromatic heterocycles. The van der Waals surface area contributed by atoms with Crippen LogP contribution < -0.4 is 21.3 Å². The van der Waals surface area contributed by atoms with Gasteiger partial charge in [0.15, 0.2) is 10.2 Å². The van der Waals surface area contributed by atoms with Crippen molar-refractivity contribution in [3.8, 4) is 0 Å². The molecule has 2 aromatic carbocycles. The lowest BCUT2D eigenvalue weighted by atomic mass is 10.3. The van der Waals surface area contributed by atoms with Crippen molar-refractivity contribution in [2.75, 3.05) is 23.7 Å². The van der Waals surface area contributed by atoms with Gasteiger partial charge >= 0.3 is 0 Å². The fraction of sp³-hybridized carbons (Fsp3) is 0.100. The molecular weight excluding hydrogens is 424 g/mol. The molecule has 0 radical (unpaired) electrons. The Morgan fingerprint density at radius 2 is 1.24 bits per heavy atom. The zero-order valence-corrected chi connectivity index (χ0v) is 18.1. The molecule has 0 atom stereocenters. The van der Waals surface area contributed by atoms with Gasteiger partial charge in [-0.2, -0.15) is 0 Å². The van der Waals surface area contributed by atoms with Gasteiger partial charge in [-0.3, -0.25) is 0 Å². The topological polar surface area (TPSA) is 82.3 Å². The molecule has 0 heterocycles. The summed E-state index contributed by atoms with van der Waals surface area (Å²) in [5, 5.41) is 12.5. The van der Waals surface area contributed by atoms with E-state index in [4.69, 9.17) is 24.4 Å². The highest BCUT2D eigenvalue weighted by Crippen LogP contribution is 2.25. The summed E-state index contributed by atoms with van der Waals surface area (Å²) in [6.45, 7) is 8.23. The maximum Gasteiger partial charge on any atom is 0.206 e. The summed E-state index contributed by atoms with van der Waals surface area (Å²) in [4.78, 5) is 0.303. The molecule has 0 spiro atoms. The van der Waals surface area contributed by atoms with Gasteiger partial charge in [0, 0.05) is 24.5 Å². The highest BCUT2D eigenvalue weighted by Gasteiger charge is 2.18. The summed E-state index contributed by atoms with van der Waals surface area (Å²) in [7, 11) is -3.73. The van der Waals surface area contributed by atoms with Crippen LogP contribution in [0.4, 0.5) is 11.4 Å². The normalized spacial score (nSPS) is 10.5. The van der Waals surface area contributed by atoms with E-state index in [1.54, 1.807) is 36.4 Å². The van der Waals surface area contributed by atoms with Crippen LogP contribution in [0.5, 0.6) is 0 Å². The van der Waals surface area contributed by atoms with E-state index in [9.17, 15) is 8.42 Å². The lowest BCUT2D eigenvalue weighted by Gasteiger charge is -2.12. The third-order valence-corrected chi connectivity index (χ3v) is 5.86. The predicted octanol–water partition coefficient (Wildman–Crippen LogP) is 3.46. The van der Waals surface area contributed by atoms with Crippen molar-refractivity contribution in [2.45, 2.75) is 9.79 Å². The second-order valence-corrected chi connectivity index (χ2v) is 8.57. The molecule has 0 saturated carbocycles. The molecule has 0 bridgehead atoms. The van der Waals surface area contributed by atoms with Crippen LogP contribution in [0.3, 0.4) is 0 Å². The van der Waals surface area contributed by atoms with Crippen LogP contribution in [0.15, 0.2) is 83.6 Å². The summed E-state index contributed by atoms with van der Waals surface area (Å²) in [5.41, 5.74) is 1.13. The minimum Gasteiger partial charge on any atom is -0.359 e. The Kier molecular flexibility index (Phi) is 8.32. The third kappa shape index (κ3) is 6.67. The first-order valence-corrected chi connectivity index (χ1v) is 10.9. The van der Waals surface area contributed by atoms with Gasteiger partial charge in [0.2, 0.25) is 9.84 Å². The van der Waals surface area contributed by atoms with E-state index >= 15 is 0 Å². The van der Waals surface area contributed by atoms with Crippen molar-refractivity contribution in [3.63, 3.8) is 0 Å². The number of nitrogens with one attached hydrogen (secondary N) is 4. The highest BCUT2D eigenvalue weighted by molar-refractivity contribution is 7.91. The number of hydrogen-bond donors (Lipinski definition) is 4. The maximum absolute atomic E-state index is 13.1. The first kappa shape index (κ1) is 22.5. The van der Waals surface area contributed by atoms with Crippen LogP contribution >= 0.6 is 24.4 Å². The molecule has 0 fully saturated rings. The molecule has 0 saturated heterocycles. The van der Waals surface area contributed by atoms with Crippen LogP contribution in [0, 0.1) is 0 Å². The largest absolute Gasteiger partial charge is 0.359 e.